The molecule has 0 aromatic carbocycles. The Balaban J connectivity index is 2.31. The summed E-state index contributed by atoms with van der Waals surface area (Å²) in [6.07, 6.45) is -6.38. The van der Waals surface area contributed by atoms with Crippen molar-refractivity contribution in [3.05, 3.63) is 10.9 Å². The highest BCUT2D eigenvalue weighted by Gasteiger charge is 2.38. The monoisotopic (exact) mass is 321 g/mol. The fourth-order valence-electron chi connectivity index (χ4n) is 1.65. The molecule has 0 aliphatic carbocycles. The molecular formula is C11H14F3N5OS. The number of nitrogens with two attached hydrogens (primary N) is 1. The number of aliphatic hydroxyl groups excluding tert-OH is 1. The van der Waals surface area contributed by atoms with Crippen LogP contribution in [0.3, 0.4) is 0 Å². The molecule has 1 atom stereocenters. The fourth-order valence-corrected chi connectivity index (χ4v) is 2.62. The zero-order valence-corrected chi connectivity index (χ0v) is 11.8. The van der Waals surface area contributed by atoms with E-state index in [1.54, 1.807) is 0 Å². The molecular weight excluding hydrogens is 307 g/mol. The smallest absolute Gasteiger partial charge is 0.382 e. The summed E-state index contributed by atoms with van der Waals surface area (Å²) in [6, 6.07) is 1.81. The summed E-state index contributed by atoms with van der Waals surface area (Å²) in [7, 11) is 0. The molecule has 0 aliphatic heterocycles. The summed E-state index contributed by atoms with van der Waals surface area (Å²) in [6.45, 7) is 1.26. The van der Waals surface area contributed by atoms with Crippen LogP contribution in [-0.2, 0) is 6.42 Å². The normalized spacial score (nSPS) is 13.4. The van der Waals surface area contributed by atoms with Gasteiger partial charge in [0, 0.05) is 4.88 Å². The molecule has 0 spiro atoms. The summed E-state index contributed by atoms with van der Waals surface area (Å²) in [4.78, 5) is 9.77. The van der Waals surface area contributed by atoms with Crippen molar-refractivity contribution in [3.8, 4) is 0 Å². The van der Waals surface area contributed by atoms with Gasteiger partial charge in [0.15, 0.2) is 6.10 Å². The molecule has 2 aromatic heterocycles. The number of aromatic nitrogens is 2. The number of nitrogens with one attached hydrogen (secondary N) is 2. The summed E-state index contributed by atoms with van der Waals surface area (Å²) in [5.41, 5.74) is 2.26. The highest BCUT2D eigenvalue weighted by atomic mass is 32.1. The van der Waals surface area contributed by atoms with E-state index in [1.165, 1.54) is 11.3 Å². The number of nitrogen functional groups attached to an aromatic ring is 1. The number of aryl methyl sites for hydroxylation is 1. The van der Waals surface area contributed by atoms with Crippen LogP contribution in [0.1, 0.15) is 11.8 Å². The highest BCUT2D eigenvalue weighted by molar-refractivity contribution is 7.18. The molecule has 0 amide bonds. The Morgan fingerprint density at radius 2 is 2.14 bits per heavy atom. The van der Waals surface area contributed by atoms with Crippen molar-refractivity contribution < 1.29 is 18.3 Å². The summed E-state index contributed by atoms with van der Waals surface area (Å²) in [5, 5.41) is 12.1. The van der Waals surface area contributed by atoms with Crippen LogP contribution in [0.2, 0.25) is 0 Å². The zero-order valence-electron chi connectivity index (χ0n) is 11.0. The standard InChI is InChI=1S/C11H14F3N5OS/c1-2-5-3-6-8(16-4-7(20)11(12,13)14)17-10(19-15)18-9(6)21-5/h3,7,20H,2,4,15H2,1H3,(H2,16,17,18,19). The van der Waals surface area contributed by atoms with E-state index in [2.05, 4.69) is 20.7 Å². The van der Waals surface area contributed by atoms with E-state index in [-0.39, 0.29) is 11.8 Å². The first-order valence-corrected chi connectivity index (χ1v) is 6.92. The van der Waals surface area contributed by atoms with Gasteiger partial charge in [0.1, 0.15) is 10.6 Å². The van der Waals surface area contributed by atoms with Crippen molar-refractivity contribution in [2.45, 2.75) is 25.6 Å². The molecule has 0 saturated carbocycles. The van der Waals surface area contributed by atoms with E-state index in [1.807, 2.05) is 13.0 Å². The Labute approximate surface area is 122 Å². The lowest BCUT2D eigenvalue weighted by Gasteiger charge is -2.15. The van der Waals surface area contributed by atoms with Crippen LogP contribution in [0.4, 0.5) is 24.9 Å². The average Bonchev–Trinajstić information content (AvgIpc) is 2.86. The summed E-state index contributed by atoms with van der Waals surface area (Å²) in [5.74, 6) is 5.54. The Morgan fingerprint density at radius 1 is 1.43 bits per heavy atom. The molecule has 2 aromatic rings. The Kier molecular flexibility index (Phi) is 4.49. The van der Waals surface area contributed by atoms with E-state index in [4.69, 9.17) is 10.9 Å². The Morgan fingerprint density at radius 3 is 2.71 bits per heavy atom. The molecule has 6 nitrogen and oxygen atoms in total. The topological polar surface area (TPSA) is 96.1 Å². The molecule has 1 unspecified atom stereocenters. The van der Waals surface area contributed by atoms with Crippen LogP contribution < -0.4 is 16.6 Å². The van der Waals surface area contributed by atoms with E-state index >= 15 is 0 Å². The van der Waals surface area contributed by atoms with Gasteiger partial charge in [-0.05, 0) is 12.5 Å². The number of hydrogen-bond acceptors (Lipinski definition) is 7. The predicted octanol–water partition coefficient (Wildman–Crippen LogP) is 1.87. The van der Waals surface area contributed by atoms with Crippen molar-refractivity contribution in [2.24, 2.45) is 5.84 Å². The molecule has 10 heteroatoms. The number of nitrogens with zero attached hydrogens (tertiary/aromatic N) is 2. The van der Waals surface area contributed by atoms with Crippen molar-refractivity contribution in [2.75, 3.05) is 17.3 Å². The third-order valence-corrected chi connectivity index (χ3v) is 3.94. The van der Waals surface area contributed by atoms with Gasteiger partial charge in [-0.3, -0.25) is 5.43 Å². The van der Waals surface area contributed by atoms with Crippen molar-refractivity contribution >= 4 is 33.3 Å². The van der Waals surface area contributed by atoms with Gasteiger partial charge in [-0.2, -0.15) is 18.2 Å². The first-order chi connectivity index (χ1) is 9.85. The van der Waals surface area contributed by atoms with Crippen LogP contribution >= 0.6 is 11.3 Å². The zero-order chi connectivity index (χ0) is 15.6. The Hall–Kier alpha value is -1.65. The lowest BCUT2D eigenvalue weighted by molar-refractivity contribution is -0.198. The molecule has 21 heavy (non-hydrogen) atoms. The number of anilines is 2. The van der Waals surface area contributed by atoms with E-state index in [0.29, 0.717) is 10.2 Å². The predicted molar refractivity (Wildman–Crippen MR) is 75.2 cm³/mol. The first kappa shape index (κ1) is 15.7. The molecule has 0 fully saturated rings. The second-order valence-corrected chi connectivity index (χ2v) is 5.38. The van der Waals surface area contributed by atoms with E-state index in [0.717, 1.165) is 11.3 Å². The number of aliphatic hydroxyl groups is 1. The minimum Gasteiger partial charge on any atom is -0.382 e. The van der Waals surface area contributed by atoms with Gasteiger partial charge in [-0.1, -0.05) is 6.92 Å². The van der Waals surface area contributed by atoms with Crippen LogP contribution in [-0.4, -0.2) is 33.9 Å². The SMILES string of the molecule is CCc1cc2c(NCC(O)C(F)(F)F)nc(NN)nc2s1. The maximum absolute atomic E-state index is 12.3. The second kappa shape index (κ2) is 6.00. The van der Waals surface area contributed by atoms with E-state index < -0.39 is 18.8 Å². The molecule has 0 bridgehead atoms. The minimum absolute atomic E-state index is 0.0935. The highest BCUT2D eigenvalue weighted by Crippen LogP contribution is 2.30. The number of rotatable bonds is 5. The quantitative estimate of drug-likeness (QED) is 0.496. The maximum atomic E-state index is 12.3. The van der Waals surface area contributed by atoms with Crippen molar-refractivity contribution in [1.29, 1.82) is 0 Å². The second-order valence-electron chi connectivity index (χ2n) is 4.26. The van der Waals surface area contributed by atoms with Gasteiger partial charge >= 0.3 is 6.18 Å². The Bertz CT molecular complexity index is 630. The van der Waals surface area contributed by atoms with Crippen LogP contribution in [0.5, 0.6) is 0 Å². The number of thiophene rings is 1. The van der Waals surface area contributed by atoms with Gasteiger partial charge in [-0.25, -0.2) is 10.8 Å². The maximum Gasteiger partial charge on any atom is 0.416 e. The largest absolute Gasteiger partial charge is 0.416 e. The third-order valence-electron chi connectivity index (χ3n) is 2.76. The summed E-state index contributed by atoms with van der Waals surface area (Å²) >= 11 is 1.41. The average molecular weight is 321 g/mol. The molecule has 0 radical (unpaired) electrons. The molecule has 116 valence electrons. The lowest BCUT2D eigenvalue weighted by atomic mass is 10.3. The number of halogens is 3. The van der Waals surface area contributed by atoms with Gasteiger partial charge in [-0.15, -0.1) is 11.3 Å². The van der Waals surface area contributed by atoms with Crippen LogP contribution in [0.15, 0.2) is 6.07 Å². The molecule has 5 N–H and O–H groups in total. The number of alkyl halides is 3. The van der Waals surface area contributed by atoms with Gasteiger partial charge < -0.3 is 10.4 Å². The molecule has 2 rings (SSSR count). The third kappa shape index (κ3) is 3.52. The first-order valence-electron chi connectivity index (χ1n) is 6.10. The van der Waals surface area contributed by atoms with Crippen molar-refractivity contribution in [3.63, 3.8) is 0 Å². The van der Waals surface area contributed by atoms with Gasteiger partial charge in [0.05, 0.1) is 11.9 Å². The van der Waals surface area contributed by atoms with Gasteiger partial charge in [0.2, 0.25) is 5.95 Å². The minimum atomic E-state index is -4.68. The van der Waals surface area contributed by atoms with Crippen molar-refractivity contribution in [1.82, 2.24) is 9.97 Å². The molecule has 0 saturated heterocycles. The van der Waals surface area contributed by atoms with Gasteiger partial charge in [0.25, 0.3) is 0 Å². The number of hydrazine groups is 1. The molecule has 0 aliphatic rings. The lowest BCUT2D eigenvalue weighted by Crippen LogP contribution is -2.35. The number of hydrogen-bond donors (Lipinski definition) is 4. The summed E-state index contributed by atoms with van der Waals surface area (Å²) < 4.78 is 37.0. The van der Waals surface area contributed by atoms with E-state index in [9.17, 15) is 13.2 Å². The van der Waals surface area contributed by atoms with Crippen LogP contribution in [0, 0.1) is 0 Å². The van der Waals surface area contributed by atoms with Crippen LogP contribution in [0.25, 0.3) is 10.2 Å². The number of fused-ring (bicyclic) bond motifs is 1. The fraction of sp³-hybridized carbons (Fsp3) is 0.455. The molecule has 2 heterocycles.